The minimum absolute atomic E-state index is 0.0119. The molecule has 0 saturated carbocycles. The lowest BCUT2D eigenvalue weighted by Gasteiger charge is -2.21. The molecule has 0 aliphatic carbocycles. The van der Waals surface area contributed by atoms with Crippen LogP contribution in [0, 0.1) is 0 Å². The van der Waals surface area contributed by atoms with Gasteiger partial charge in [-0.1, -0.05) is 0 Å². The number of alkyl halides is 3. The van der Waals surface area contributed by atoms with Crippen molar-refractivity contribution in [1.82, 2.24) is 10.6 Å². The summed E-state index contributed by atoms with van der Waals surface area (Å²) in [6.07, 6.45) is -1.83. The Balaban J connectivity index is 1.90. The molecule has 2 rings (SSSR count). The normalized spacial score (nSPS) is 12.9. The Bertz CT molecular complexity index is 1210. The Morgan fingerprint density at radius 1 is 0.872 bits per heavy atom. The van der Waals surface area contributed by atoms with Gasteiger partial charge in [-0.3, -0.25) is 24.0 Å². The molecule has 0 saturated heterocycles. The summed E-state index contributed by atoms with van der Waals surface area (Å²) in [5.41, 5.74) is 8.59. The van der Waals surface area contributed by atoms with E-state index >= 15 is 0 Å². The third-order valence-electron chi connectivity index (χ3n) is 5.91. The number of hydrogen-bond donors (Lipinski definition) is 6. The minimum atomic E-state index is -4.50. The number of carbonyl (C=O) groups excluding carboxylic acids is 3. The number of nitrogens with two attached hydrogens (primary N) is 2. The van der Waals surface area contributed by atoms with Crippen LogP contribution in [0.3, 0.4) is 0 Å². The van der Waals surface area contributed by atoms with Crippen molar-refractivity contribution in [3.63, 3.8) is 0 Å². The van der Waals surface area contributed by atoms with Crippen LogP contribution in [0.4, 0.5) is 30.2 Å². The van der Waals surface area contributed by atoms with Crippen LogP contribution in [0.2, 0.25) is 0 Å². The van der Waals surface area contributed by atoms with Gasteiger partial charge in [-0.2, -0.15) is 13.2 Å². The van der Waals surface area contributed by atoms with Crippen molar-refractivity contribution in [2.75, 3.05) is 23.7 Å². The van der Waals surface area contributed by atoms with Crippen molar-refractivity contribution < 1.29 is 27.6 Å². The smallest absolute Gasteiger partial charge is 0.380 e. The summed E-state index contributed by atoms with van der Waals surface area (Å²) in [5.74, 6) is -1.69. The van der Waals surface area contributed by atoms with Crippen LogP contribution in [-0.4, -0.2) is 42.9 Å². The second-order valence-electron chi connectivity index (χ2n) is 9.03. The van der Waals surface area contributed by atoms with Gasteiger partial charge in [-0.25, -0.2) is 0 Å². The first-order valence-electron chi connectivity index (χ1n) is 12.4. The van der Waals surface area contributed by atoms with Gasteiger partial charge in [0.2, 0.25) is 17.7 Å². The fourth-order valence-electron chi connectivity index (χ4n) is 3.82. The molecule has 0 heterocycles. The van der Waals surface area contributed by atoms with Gasteiger partial charge in [-0.15, -0.1) is 0 Å². The van der Waals surface area contributed by atoms with Crippen molar-refractivity contribution in [3.8, 4) is 0 Å². The Morgan fingerprint density at radius 3 is 2.03 bits per heavy atom. The SMILES string of the molecule is CC(=O)N[C@@H](CCCCNc1c(Nc2ccc(C(F)(F)F)cc2)c(=O)c1=O)C(=O)N[C@@H](CCCCN)C(N)=O. The van der Waals surface area contributed by atoms with Gasteiger partial charge < -0.3 is 32.7 Å². The minimum Gasteiger partial charge on any atom is -0.380 e. The van der Waals surface area contributed by atoms with Crippen molar-refractivity contribution >= 4 is 34.8 Å². The lowest BCUT2D eigenvalue weighted by atomic mass is 10.1. The summed E-state index contributed by atoms with van der Waals surface area (Å²) in [7, 11) is 0. The molecule has 2 aromatic carbocycles. The highest BCUT2D eigenvalue weighted by molar-refractivity contribution is 5.91. The van der Waals surface area contributed by atoms with Crippen LogP contribution < -0.4 is 43.6 Å². The number of hydrogen-bond acceptors (Lipinski definition) is 8. The Hall–Kier alpha value is -3.94. The van der Waals surface area contributed by atoms with Gasteiger partial charge in [0.1, 0.15) is 23.5 Å². The second kappa shape index (κ2) is 14.3. The average Bonchev–Trinajstić information content (AvgIpc) is 2.87. The summed E-state index contributed by atoms with van der Waals surface area (Å²) in [6, 6.07) is 2.20. The zero-order valence-corrected chi connectivity index (χ0v) is 21.5. The van der Waals surface area contributed by atoms with E-state index < -0.39 is 52.4 Å². The molecule has 0 fully saturated rings. The summed E-state index contributed by atoms with van der Waals surface area (Å²) in [6.45, 7) is 1.93. The highest BCUT2D eigenvalue weighted by Crippen LogP contribution is 2.30. The number of benzene rings is 1. The molecule has 2 aromatic rings. The zero-order chi connectivity index (χ0) is 29.2. The molecule has 8 N–H and O–H groups in total. The fourth-order valence-corrected chi connectivity index (χ4v) is 3.82. The number of amides is 3. The number of halogens is 3. The van der Waals surface area contributed by atoms with E-state index in [9.17, 15) is 37.1 Å². The number of anilines is 3. The van der Waals surface area contributed by atoms with E-state index in [2.05, 4.69) is 21.3 Å². The molecule has 14 heteroatoms. The van der Waals surface area contributed by atoms with Gasteiger partial charge in [0, 0.05) is 19.2 Å². The predicted octanol–water partition coefficient (Wildman–Crippen LogP) is 1.23. The molecule has 0 aliphatic rings. The van der Waals surface area contributed by atoms with Gasteiger partial charge in [0.15, 0.2) is 0 Å². The quantitative estimate of drug-likeness (QED) is 0.132. The predicted molar refractivity (Wildman–Crippen MR) is 140 cm³/mol. The van der Waals surface area contributed by atoms with Gasteiger partial charge in [-0.05, 0) is 69.3 Å². The van der Waals surface area contributed by atoms with Crippen LogP contribution >= 0.6 is 0 Å². The Labute approximate surface area is 222 Å². The highest BCUT2D eigenvalue weighted by Gasteiger charge is 2.30. The first-order valence-corrected chi connectivity index (χ1v) is 12.4. The monoisotopic (exact) mass is 554 g/mol. The third kappa shape index (κ3) is 9.39. The fraction of sp³-hybridized carbons (Fsp3) is 0.480. The summed E-state index contributed by atoms with van der Waals surface area (Å²) < 4.78 is 38.2. The molecule has 2 atom stereocenters. The molecule has 0 bridgehead atoms. The molecule has 0 spiro atoms. The first kappa shape index (κ1) is 31.3. The third-order valence-corrected chi connectivity index (χ3v) is 5.91. The highest BCUT2D eigenvalue weighted by atomic mass is 19.4. The number of primary amides is 1. The molecule has 3 amide bonds. The molecule has 0 radical (unpaired) electrons. The number of carbonyl (C=O) groups is 3. The summed E-state index contributed by atoms with van der Waals surface area (Å²) in [5, 5.41) is 10.6. The topological polar surface area (TPSA) is 186 Å². The van der Waals surface area contributed by atoms with Gasteiger partial charge >= 0.3 is 6.18 Å². The summed E-state index contributed by atoms with van der Waals surface area (Å²) >= 11 is 0. The van der Waals surface area contributed by atoms with E-state index in [0.717, 1.165) is 24.3 Å². The van der Waals surface area contributed by atoms with Crippen LogP contribution in [0.15, 0.2) is 33.9 Å². The number of rotatable bonds is 16. The molecule has 11 nitrogen and oxygen atoms in total. The molecular weight excluding hydrogens is 521 g/mol. The van der Waals surface area contributed by atoms with Gasteiger partial charge in [0.25, 0.3) is 10.9 Å². The van der Waals surface area contributed by atoms with E-state index in [1.54, 1.807) is 0 Å². The summed E-state index contributed by atoms with van der Waals surface area (Å²) in [4.78, 5) is 59.9. The van der Waals surface area contributed by atoms with E-state index in [0.29, 0.717) is 38.6 Å². The maximum atomic E-state index is 12.7. The maximum Gasteiger partial charge on any atom is 0.416 e. The van der Waals surface area contributed by atoms with Crippen LogP contribution in [0.5, 0.6) is 0 Å². The van der Waals surface area contributed by atoms with E-state index in [1.807, 2.05) is 0 Å². The lowest BCUT2D eigenvalue weighted by molar-refractivity contribution is -0.137. The van der Waals surface area contributed by atoms with Crippen molar-refractivity contribution in [1.29, 1.82) is 0 Å². The Kier molecular flexibility index (Phi) is 11.5. The average molecular weight is 555 g/mol. The van der Waals surface area contributed by atoms with Crippen molar-refractivity contribution in [2.45, 2.75) is 63.7 Å². The van der Waals surface area contributed by atoms with Gasteiger partial charge in [0.05, 0.1) is 5.56 Å². The van der Waals surface area contributed by atoms with Crippen LogP contribution in [0.25, 0.3) is 0 Å². The first-order chi connectivity index (χ1) is 18.3. The Morgan fingerprint density at radius 2 is 1.46 bits per heavy atom. The molecule has 0 unspecified atom stereocenters. The molecule has 0 aliphatic heterocycles. The second-order valence-corrected chi connectivity index (χ2v) is 9.03. The van der Waals surface area contributed by atoms with Crippen LogP contribution in [-0.2, 0) is 20.6 Å². The largest absolute Gasteiger partial charge is 0.416 e. The van der Waals surface area contributed by atoms with E-state index in [4.69, 9.17) is 11.5 Å². The molecule has 39 heavy (non-hydrogen) atoms. The van der Waals surface area contributed by atoms with Crippen LogP contribution in [0.1, 0.15) is 51.0 Å². The molecule has 214 valence electrons. The maximum absolute atomic E-state index is 12.7. The van der Waals surface area contributed by atoms with Crippen molar-refractivity contribution in [2.24, 2.45) is 11.5 Å². The number of nitrogens with one attached hydrogen (secondary N) is 4. The van der Waals surface area contributed by atoms with E-state index in [-0.39, 0.29) is 30.0 Å². The molecular formula is C25H33F3N6O5. The van der Waals surface area contributed by atoms with E-state index in [1.165, 1.54) is 6.92 Å². The molecule has 0 aromatic heterocycles. The number of unbranched alkanes of at least 4 members (excludes halogenated alkanes) is 2. The standard InChI is InChI=1S/C25H33F3N6O5/c1-14(35)32-18(24(39)34-17(23(30)38)6-2-4-12-29)7-3-5-13-31-19-20(22(37)21(19)36)33-16-10-8-15(9-11-16)25(26,27)28/h8-11,17-18,31,33H,2-7,12-13,29H2,1H3,(H2,30,38)(H,32,35)(H,34,39)/t17-,18-/m0/s1. The van der Waals surface area contributed by atoms with Crippen molar-refractivity contribution in [3.05, 3.63) is 50.3 Å². The lowest BCUT2D eigenvalue weighted by Crippen LogP contribution is -2.52. The zero-order valence-electron chi connectivity index (χ0n) is 21.5.